The number of anilines is 1. The second-order valence-corrected chi connectivity index (χ2v) is 3.15. The van der Waals surface area contributed by atoms with Crippen molar-refractivity contribution in [3.8, 4) is 0 Å². The topological polar surface area (TPSA) is 86.4 Å². The van der Waals surface area contributed by atoms with Gasteiger partial charge in [-0.15, -0.1) is 0 Å². The van der Waals surface area contributed by atoms with Crippen molar-refractivity contribution in [2.75, 3.05) is 5.73 Å². The zero-order valence-electron chi connectivity index (χ0n) is 7.69. The molecule has 14 heavy (non-hydrogen) atoms. The van der Waals surface area contributed by atoms with Crippen LogP contribution in [0.3, 0.4) is 0 Å². The molecule has 5 nitrogen and oxygen atoms in total. The van der Waals surface area contributed by atoms with Gasteiger partial charge in [0.15, 0.2) is 0 Å². The lowest BCUT2D eigenvalue weighted by molar-refractivity contribution is 0.0999. The van der Waals surface area contributed by atoms with Gasteiger partial charge in [-0.2, -0.15) is 5.10 Å². The van der Waals surface area contributed by atoms with E-state index in [2.05, 4.69) is 5.10 Å². The van der Waals surface area contributed by atoms with Gasteiger partial charge < -0.3 is 11.5 Å². The molecule has 5 heteroatoms. The highest BCUT2D eigenvalue weighted by molar-refractivity contribution is 5.95. The monoisotopic (exact) mass is 190 g/mol. The number of rotatable bonds is 1. The van der Waals surface area contributed by atoms with Crippen LogP contribution in [0.25, 0.3) is 5.52 Å². The maximum Gasteiger partial charge on any atom is 0.250 e. The molecule has 2 heterocycles. The Morgan fingerprint density at radius 3 is 2.93 bits per heavy atom. The second-order valence-electron chi connectivity index (χ2n) is 3.15. The fraction of sp³-hybridized carbons (Fsp3) is 0.111. The lowest BCUT2D eigenvalue weighted by Crippen LogP contribution is -2.14. The van der Waals surface area contributed by atoms with Crippen LogP contribution in [0.15, 0.2) is 18.5 Å². The third kappa shape index (κ3) is 1.10. The first-order valence-corrected chi connectivity index (χ1v) is 4.13. The van der Waals surface area contributed by atoms with Crippen LogP contribution in [0, 0.1) is 6.92 Å². The van der Waals surface area contributed by atoms with Gasteiger partial charge in [-0.05, 0) is 18.6 Å². The van der Waals surface area contributed by atoms with Gasteiger partial charge in [0.05, 0.1) is 29.2 Å². The van der Waals surface area contributed by atoms with Crippen molar-refractivity contribution in [2.45, 2.75) is 6.92 Å². The van der Waals surface area contributed by atoms with Crippen LogP contribution in [0.4, 0.5) is 5.69 Å². The van der Waals surface area contributed by atoms with Crippen LogP contribution in [-0.4, -0.2) is 15.5 Å². The summed E-state index contributed by atoms with van der Waals surface area (Å²) in [5.74, 6) is -0.475. The number of fused-ring (bicyclic) bond motifs is 1. The summed E-state index contributed by atoms with van der Waals surface area (Å²) >= 11 is 0. The van der Waals surface area contributed by atoms with E-state index >= 15 is 0 Å². The molecule has 0 spiro atoms. The zero-order chi connectivity index (χ0) is 10.3. The summed E-state index contributed by atoms with van der Waals surface area (Å²) in [6.07, 6.45) is 3.14. The molecule has 0 aromatic carbocycles. The number of carbonyl (C=O) groups excluding carboxylic acids is 1. The summed E-state index contributed by atoms with van der Waals surface area (Å²) in [6.45, 7) is 1.82. The van der Waals surface area contributed by atoms with Gasteiger partial charge in [0.25, 0.3) is 5.91 Å². The van der Waals surface area contributed by atoms with Crippen molar-refractivity contribution < 1.29 is 4.79 Å². The molecule has 72 valence electrons. The number of nitrogen functional groups attached to an aromatic ring is 1. The van der Waals surface area contributed by atoms with Crippen molar-refractivity contribution in [1.29, 1.82) is 0 Å². The third-order valence-corrected chi connectivity index (χ3v) is 2.19. The molecule has 0 saturated heterocycles. The minimum atomic E-state index is -0.475. The maximum atomic E-state index is 11.0. The Balaban J connectivity index is 2.80. The van der Waals surface area contributed by atoms with E-state index in [-0.39, 0.29) is 0 Å². The Labute approximate surface area is 80.3 Å². The summed E-state index contributed by atoms with van der Waals surface area (Å²) < 4.78 is 1.62. The van der Waals surface area contributed by atoms with Gasteiger partial charge in [-0.3, -0.25) is 4.79 Å². The molecule has 0 radical (unpaired) electrons. The normalized spacial score (nSPS) is 10.6. The van der Waals surface area contributed by atoms with Crippen LogP contribution < -0.4 is 11.5 Å². The van der Waals surface area contributed by atoms with E-state index in [0.29, 0.717) is 11.3 Å². The number of primary amides is 1. The molecule has 0 aliphatic heterocycles. The van der Waals surface area contributed by atoms with E-state index in [9.17, 15) is 4.79 Å². The molecule has 2 aromatic heterocycles. The first-order chi connectivity index (χ1) is 6.59. The van der Waals surface area contributed by atoms with Crippen molar-refractivity contribution >= 4 is 17.1 Å². The van der Waals surface area contributed by atoms with Crippen LogP contribution in [0.5, 0.6) is 0 Å². The summed E-state index contributed by atoms with van der Waals surface area (Å²) in [7, 11) is 0. The van der Waals surface area contributed by atoms with Gasteiger partial charge in [-0.1, -0.05) is 0 Å². The van der Waals surface area contributed by atoms with Crippen molar-refractivity contribution in [1.82, 2.24) is 9.61 Å². The second kappa shape index (κ2) is 2.73. The molecule has 0 atom stereocenters. The molecule has 0 saturated carbocycles. The van der Waals surface area contributed by atoms with E-state index in [4.69, 9.17) is 11.5 Å². The van der Waals surface area contributed by atoms with Crippen LogP contribution in [-0.2, 0) is 0 Å². The molecular formula is C9H10N4O. The van der Waals surface area contributed by atoms with Crippen molar-refractivity contribution in [3.63, 3.8) is 0 Å². The fourth-order valence-electron chi connectivity index (χ4n) is 1.45. The Morgan fingerprint density at radius 1 is 1.57 bits per heavy atom. The highest BCUT2D eigenvalue weighted by atomic mass is 16.1. The van der Waals surface area contributed by atoms with Crippen molar-refractivity contribution in [2.24, 2.45) is 5.73 Å². The van der Waals surface area contributed by atoms with E-state index in [0.717, 1.165) is 11.1 Å². The molecule has 0 aliphatic rings. The predicted octanol–water partition coefficient (Wildman–Crippen LogP) is 0.324. The number of hydrogen-bond acceptors (Lipinski definition) is 3. The largest absolute Gasteiger partial charge is 0.397 e. The molecule has 2 aromatic rings. The van der Waals surface area contributed by atoms with Crippen molar-refractivity contribution in [3.05, 3.63) is 29.6 Å². The third-order valence-electron chi connectivity index (χ3n) is 2.19. The van der Waals surface area contributed by atoms with E-state index in [1.165, 1.54) is 6.20 Å². The quantitative estimate of drug-likeness (QED) is 0.679. The smallest absolute Gasteiger partial charge is 0.250 e. The maximum absolute atomic E-state index is 11.0. The summed E-state index contributed by atoms with van der Waals surface area (Å²) in [5.41, 5.74) is 13.4. The Hall–Kier alpha value is -2.04. The summed E-state index contributed by atoms with van der Waals surface area (Å²) in [6, 6.07) is 1.76. The van der Waals surface area contributed by atoms with E-state index in [1.54, 1.807) is 16.8 Å². The minimum Gasteiger partial charge on any atom is -0.397 e. The highest BCUT2D eigenvalue weighted by Gasteiger charge is 2.09. The number of amides is 1. The van der Waals surface area contributed by atoms with Crippen LogP contribution >= 0.6 is 0 Å². The van der Waals surface area contributed by atoms with Gasteiger partial charge in [0.2, 0.25) is 0 Å². The number of hydrogen-bond donors (Lipinski definition) is 2. The van der Waals surface area contributed by atoms with E-state index < -0.39 is 5.91 Å². The van der Waals surface area contributed by atoms with Gasteiger partial charge >= 0.3 is 0 Å². The molecule has 4 N–H and O–H groups in total. The zero-order valence-corrected chi connectivity index (χ0v) is 7.69. The number of aryl methyl sites for hydroxylation is 1. The minimum absolute atomic E-state index is 0.426. The molecule has 1 amide bonds. The summed E-state index contributed by atoms with van der Waals surface area (Å²) in [5, 5.41) is 4.02. The first-order valence-electron chi connectivity index (χ1n) is 4.13. The van der Waals surface area contributed by atoms with Gasteiger partial charge in [0.1, 0.15) is 0 Å². The number of nitrogens with zero attached hydrogens (tertiary/aromatic N) is 2. The highest BCUT2D eigenvalue weighted by Crippen LogP contribution is 2.17. The Kier molecular flexibility index (Phi) is 1.67. The number of aromatic nitrogens is 2. The van der Waals surface area contributed by atoms with E-state index in [1.807, 2.05) is 6.92 Å². The summed E-state index contributed by atoms with van der Waals surface area (Å²) in [4.78, 5) is 11.0. The fourth-order valence-corrected chi connectivity index (χ4v) is 1.45. The molecule has 0 bridgehead atoms. The lowest BCUT2D eigenvalue weighted by Gasteiger charge is -2.02. The SMILES string of the molecule is Cc1c(C(N)=O)cnn2cc(N)cc12. The average molecular weight is 190 g/mol. The van der Waals surface area contributed by atoms with Crippen LogP contribution in [0.1, 0.15) is 15.9 Å². The molecule has 0 aliphatic carbocycles. The molecule has 0 fully saturated rings. The standard InChI is InChI=1S/C9H10N4O/c1-5-7(9(11)14)3-12-13-4-6(10)2-8(5)13/h2-4H,10H2,1H3,(H2,11,14). The molecule has 0 unspecified atom stereocenters. The average Bonchev–Trinajstić information content (AvgIpc) is 2.46. The molecule has 2 rings (SSSR count). The number of nitrogens with two attached hydrogens (primary N) is 2. The number of carbonyl (C=O) groups is 1. The van der Waals surface area contributed by atoms with Gasteiger partial charge in [-0.25, -0.2) is 4.52 Å². The first kappa shape index (κ1) is 8.55. The lowest BCUT2D eigenvalue weighted by atomic mass is 10.1. The van der Waals surface area contributed by atoms with Gasteiger partial charge in [0, 0.05) is 0 Å². The Bertz CT molecular complexity index is 515. The molecular weight excluding hydrogens is 180 g/mol. The predicted molar refractivity (Wildman–Crippen MR) is 52.9 cm³/mol. The van der Waals surface area contributed by atoms with Crippen LogP contribution in [0.2, 0.25) is 0 Å². The Morgan fingerprint density at radius 2 is 2.29 bits per heavy atom.